The molecule has 5 nitrogen and oxygen atoms in total. The van der Waals surface area contributed by atoms with Gasteiger partial charge in [0, 0.05) is 31.6 Å². The minimum Gasteiger partial charge on any atom is -0.373 e. The van der Waals surface area contributed by atoms with Gasteiger partial charge in [0.2, 0.25) is 0 Å². The van der Waals surface area contributed by atoms with Crippen LogP contribution in [0.1, 0.15) is 11.4 Å². The van der Waals surface area contributed by atoms with Crippen LogP contribution in [-0.4, -0.2) is 26.8 Å². The molecular weight excluding hydrogens is 234 g/mol. The first kappa shape index (κ1) is 11.9. The van der Waals surface area contributed by atoms with E-state index in [9.17, 15) is 0 Å². The second kappa shape index (κ2) is 5.18. The highest BCUT2D eigenvalue weighted by Crippen LogP contribution is 2.23. The van der Waals surface area contributed by atoms with Crippen molar-refractivity contribution in [2.75, 3.05) is 12.4 Å². The minimum atomic E-state index is 0.829. The number of aryl methyl sites for hydroxylation is 1. The van der Waals surface area contributed by atoms with E-state index in [1.165, 1.54) is 5.56 Å². The van der Waals surface area contributed by atoms with Crippen molar-refractivity contribution in [3.8, 4) is 0 Å². The van der Waals surface area contributed by atoms with E-state index in [1.54, 1.807) is 18.0 Å². The third-order valence-corrected chi connectivity index (χ3v) is 3.61. The number of hydrogen-bond donors (Lipinski definition) is 1. The summed E-state index contributed by atoms with van der Waals surface area (Å²) in [5, 5.41) is 12.2. The molecule has 6 heteroatoms. The molecule has 0 aliphatic heterocycles. The van der Waals surface area contributed by atoms with Crippen molar-refractivity contribution >= 4 is 17.6 Å². The molecule has 0 bridgehead atoms. The van der Waals surface area contributed by atoms with E-state index in [0.717, 1.165) is 22.6 Å². The predicted molar refractivity (Wildman–Crippen MR) is 69.1 cm³/mol. The van der Waals surface area contributed by atoms with Crippen LogP contribution in [0.15, 0.2) is 23.5 Å². The summed E-state index contributed by atoms with van der Waals surface area (Å²) in [6, 6.07) is 4.01. The van der Waals surface area contributed by atoms with Gasteiger partial charge in [-0.2, -0.15) is 0 Å². The zero-order chi connectivity index (χ0) is 12.3. The highest BCUT2D eigenvalue weighted by molar-refractivity contribution is 7.98. The second-order valence-electron chi connectivity index (χ2n) is 3.64. The van der Waals surface area contributed by atoms with Crippen LogP contribution in [0.2, 0.25) is 0 Å². The Morgan fingerprint density at radius 3 is 2.88 bits per heavy atom. The Morgan fingerprint density at radius 1 is 1.41 bits per heavy atom. The van der Waals surface area contributed by atoms with Gasteiger partial charge in [-0.15, -0.1) is 10.2 Å². The molecule has 17 heavy (non-hydrogen) atoms. The maximum absolute atomic E-state index is 4.27. The van der Waals surface area contributed by atoms with Crippen molar-refractivity contribution in [1.29, 1.82) is 0 Å². The van der Waals surface area contributed by atoms with E-state index in [4.69, 9.17) is 0 Å². The van der Waals surface area contributed by atoms with E-state index in [2.05, 4.69) is 26.6 Å². The maximum Gasteiger partial charge on any atom is 0.191 e. The fourth-order valence-corrected chi connectivity index (χ4v) is 2.38. The van der Waals surface area contributed by atoms with Gasteiger partial charge in [-0.3, -0.25) is 0 Å². The molecule has 0 radical (unpaired) electrons. The average molecular weight is 249 g/mol. The normalized spacial score (nSPS) is 10.5. The number of pyridine rings is 1. The Labute approximate surface area is 105 Å². The monoisotopic (exact) mass is 249 g/mol. The molecular formula is C11H15N5S. The van der Waals surface area contributed by atoms with Gasteiger partial charge in [-0.05, 0) is 13.0 Å². The van der Waals surface area contributed by atoms with Crippen LogP contribution < -0.4 is 5.32 Å². The molecule has 2 rings (SSSR count). The number of nitrogens with one attached hydrogen (secondary N) is 1. The standard InChI is InChI=1S/C11H15N5S/c1-8-14-15-11(16(8)3)17-7-9-5-4-6-13-10(9)12-2/h4-6H,7H2,1-3H3,(H,12,13). The minimum absolute atomic E-state index is 0.829. The lowest BCUT2D eigenvalue weighted by Crippen LogP contribution is -1.98. The quantitative estimate of drug-likeness (QED) is 0.838. The SMILES string of the molecule is CNc1ncccc1CSc1nnc(C)n1C. The molecule has 0 unspecified atom stereocenters. The maximum atomic E-state index is 4.27. The summed E-state index contributed by atoms with van der Waals surface area (Å²) in [7, 11) is 3.85. The van der Waals surface area contributed by atoms with Crippen molar-refractivity contribution in [3.63, 3.8) is 0 Å². The van der Waals surface area contributed by atoms with Crippen molar-refractivity contribution in [3.05, 3.63) is 29.7 Å². The molecule has 0 aromatic carbocycles. The number of nitrogens with zero attached hydrogens (tertiary/aromatic N) is 4. The van der Waals surface area contributed by atoms with Crippen molar-refractivity contribution in [2.45, 2.75) is 17.8 Å². The molecule has 0 aliphatic carbocycles. The Kier molecular flexibility index (Phi) is 3.63. The first-order chi connectivity index (χ1) is 8.22. The van der Waals surface area contributed by atoms with Crippen molar-refractivity contribution in [2.24, 2.45) is 7.05 Å². The highest BCUT2D eigenvalue weighted by atomic mass is 32.2. The lowest BCUT2D eigenvalue weighted by Gasteiger charge is -2.06. The highest BCUT2D eigenvalue weighted by Gasteiger charge is 2.07. The van der Waals surface area contributed by atoms with Crippen LogP contribution >= 0.6 is 11.8 Å². The van der Waals surface area contributed by atoms with E-state index >= 15 is 0 Å². The first-order valence-corrected chi connectivity index (χ1v) is 6.31. The van der Waals surface area contributed by atoms with Gasteiger partial charge in [0.1, 0.15) is 11.6 Å². The van der Waals surface area contributed by atoms with Crippen LogP contribution in [0, 0.1) is 6.92 Å². The summed E-state index contributed by atoms with van der Waals surface area (Å²) >= 11 is 1.66. The lowest BCUT2D eigenvalue weighted by molar-refractivity contribution is 0.765. The molecule has 2 aromatic rings. The topological polar surface area (TPSA) is 55.6 Å². The fraction of sp³-hybridized carbons (Fsp3) is 0.364. The third-order valence-electron chi connectivity index (χ3n) is 2.54. The van der Waals surface area contributed by atoms with Gasteiger partial charge in [0.25, 0.3) is 0 Å². The predicted octanol–water partition coefficient (Wildman–Crippen LogP) is 1.85. The van der Waals surface area contributed by atoms with E-state index < -0.39 is 0 Å². The van der Waals surface area contributed by atoms with Gasteiger partial charge in [0.05, 0.1) is 0 Å². The zero-order valence-electron chi connectivity index (χ0n) is 10.1. The molecule has 0 aliphatic rings. The average Bonchev–Trinajstić information content (AvgIpc) is 2.68. The van der Waals surface area contributed by atoms with Gasteiger partial charge in [-0.1, -0.05) is 17.8 Å². The number of aromatic nitrogens is 4. The smallest absolute Gasteiger partial charge is 0.191 e. The number of rotatable bonds is 4. The number of anilines is 1. The summed E-state index contributed by atoms with van der Waals surface area (Å²) in [6.07, 6.45) is 1.78. The van der Waals surface area contributed by atoms with E-state index in [1.807, 2.05) is 31.7 Å². The van der Waals surface area contributed by atoms with Crippen molar-refractivity contribution < 1.29 is 0 Å². The van der Waals surface area contributed by atoms with Crippen LogP contribution in [0.4, 0.5) is 5.82 Å². The molecule has 0 atom stereocenters. The second-order valence-corrected chi connectivity index (χ2v) is 4.58. The summed E-state index contributed by atoms with van der Waals surface area (Å²) in [5.41, 5.74) is 1.17. The number of thioether (sulfide) groups is 1. The molecule has 0 spiro atoms. The van der Waals surface area contributed by atoms with Crippen molar-refractivity contribution in [1.82, 2.24) is 19.7 Å². The lowest BCUT2D eigenvalue weighted by atomic mass is 10.3. The first-order valence-electron chi connectivity index (χ1n) is 5.33. The Bertz CT molecular complexity index is 508. The summed E-state index contributed by atoms with van der Waals surface area (Å²) in [4.78, 5) is 4.27. The van der Waals surface area contributed by atoms with Gasteiger partial charge in [0.15, 0.2) is 5.16 Å². The number of hydrogen-bond acceptors (Lipinski definition) is 5. The largest absolute Gasteiger partial charge is 0.373 e. The molecule has 2 aromatic heterocycles. The summed E-state index contributed by atoms with van der Waals surface area (Å²) in [6.45, 7) is 1.94. The van der Waals surface area contributed by atoms with Crippen LogP contribution in [0.3, 0.4) is 0 Å². The molecule has 90 valence electrons. The molecule has 0 saturated carbocycles. The molecule has 0 fully saturated rings. The Morgan fingerprint density at radius 2 is 2.24 bits per heavy atom. The van der Waals surface area contributed by atoms with Crippen LogP contribution in [0.25, 0.3) is 0 Å². The third kappa shape index (κ3) is 2.58. The summed E-state index contributed by atoms with van der Waals surface area (Å²) < 4.78 is 1.99. The zero-order valence-corrected chi connectivity index (χ0v) is 11.0. The molecule has 0 saturated heterocycles. The van der Waals surface area contributed by atoms with Crippen LogP contribution in [0.5, 0.6) is 0 Å². The molecule has 2 heterocycles. The van der Waals surface area contributed by atoms with E-state index in [-0.39, 0.29) is 0 Å². The van der Waals surface area contributed by atoms with Gasteiger partial charge in [-0.25, -0.2) is 4.98 Å². The molecule has 0 amide bonds. The molecule has 1 N–H and O–H groups in total. The Hall–Kier alpha value is -1.56. The van der Waals surface area contributed by atoms with Crippen LogP contribution in [-0.2, 0) is 12.8 Å². The van der Waals surface area contributed by atoms with E-state index in [0.29, 0.717) is 0 Å². The Balaban J connectivity index is 2.10. The van der Waals surface area contributed by atoms with Gasteiger partial charge < -0.3 is 9.88 Å². The fourth-order valence-electron chi connectivity index (χ4n) is 1.44. The van der Waals surface area contributed by atoms with Gasteiger partial charge >= 0.3 is 0 Å². The summed E-state index contributed by atoms with van der Waals surface area (Å²) in [5.74, 6) is 2.67.